The molecule has 52 heavy (non-hydrogen) atoms. The van der Waals surface area contributed by atoms with E-state index in [1.165, 1.54) is 36.1 Å². The minimum absolute atomic E-state index is 0.0304. The fraction of sp³-hybridized carbons (Fsp3) is 0.766. The van der Waals surface area contributed by atoms with Crippen LogP contribution in [0.5, 0.6) is 0 Å². The maximum Gasteiger partial charge on any atom is 0.180 e. The molecule has 5 unspecified atom stereocenters. The van der Waals surface area contributed by atoms with Crippen LogP contribution in [0.1, 0.15) is 168 Å². The van der Waals surface area contributed by atoms with Crippen LogP contribution in [-0.2, 0) is 4.79 Å². The molecule has 0 amide bonds. The highest BCUT2D eigenvalue weighted by Crippen LogP contribution is 2.52. The predicted octanol–water partition coefficient (Wildman–Crippen LogP) is 12.6. The van der Waals surface area contributed by atoms with Crippen molar-refractivity contribution < 1.29 is 4.79 Å². The molecule has 1 aliphatic carbocycles. The van der Waals surface area contributed by atoms with Crippen molar-refractivity contribution in [3.05, 3.63) is 61.3 Å². The van der Waals surface area contributed by atoms with Crippen molar-refractivity contribution in [2.24, 2.45) is 46.7 Å². The molecule has 4 N–H and O–H groups in total. The summed E-state index contributed by atoms with van der Waals surface area (Å²) in [4.78, 5) is 14.0. The van der Waals surface area contributed by atoms with Gasteiger partial charge < -0.3 is 21.3 Å². The van der Waals surface area contributed by atoms with Crippen LogP contribution in [0.4, 0.5) is 0 Å². The topological polar surface area (TPSA) is 70.4 Å². The van der Waals surface area contributed by atoms with Gasteiger partial charge in [0.1, 0.15) is 0 Å². The SMILES string of the molecule is C=C(CCC(C)C)CCC(NC(=C)NC(CC(=C)N1C[C@@H]2C[C@@H]2C1C(=C)C)C(C)(C)C)C(C)C.C=C(N)C(=O)C(CC)CC(C)CC.CC.CCC. The smallest absolute Gasteiger partial charge is 0.180 e. The Bertz CT molecular complexity index is 1080. The molecule has 2 aliphatic rings. The van der Waals surface area contributed by atoms with Crippen LogP contribution in [0.15, 0.2) is 61.3 Å². The van der Waals surface area contributed by atoms with Crippen LogP contribution in [0.25, 0.3) is 0 Å². The number of ketones is 1. The quantitative estimate of drug-likeness (QED) is 0.0811. The van der Waals surface area contributed by atoms with E-state index in [1.807, 2.05) is 20.8 Å². The molecule has 304 valence electrons. The van der Waals surface area contributed by atoms with Gasteiger partial charge in [0, 0.05) is 36.7 Å². The number of hydrogen-bond acceptors (Lipinski definition) is 5. The van der Waals surface area contributed by atoms with E-state index < -0.39 is 0 Å². The van der Waals surface area contributed by atoms with Crippen LogP contribution in [0.2, 0.25) is 0 Å². The van der Waals surface area contributed by atoms with Crippen molar-refractivity contribution in [3.63, 3.8) is 0 Å². The summed E-state index contributed by atoms with van der Waals surface area (Å²) in [6.07, 6.45) is 11.0. The molecule has 0 aromatic rings. The summed E-state index contributed by atoms with van der Waals surface area (Å²) >= 11 is 0. The van der Waals surface area contributed by atoms with Gasteiger partial charge in [0.2, 0.25) is 0 Å². The first-order valence-electron chi connectivity index (χ1n) is 21.1. The van der Waals surface area contributed by atoms with Crippen LogP contribution in [0.3, 0.4) is 0 Å². The van der Waals surface area contributed by atoms with Gasteiger partial charge in [-0.25, -0.2) is 0 Å². The Balaban J connectivity index is 0. The molecule has 2 rings (SSSR count). The van der Waals surface area contributed by atoms with E-state index in [1.54, 1.807) is 0 Å². The minimum Gasteiger partial charge on any atom is -0.396 e. The molecule has 0 radical (unpaired) electrons. The zero-order chi connectivity index (χ0) is 40.9. The first-order valence-corrected chi connectivity index (χ1v) is 21.1. The Morgan fingerprint density at radius 2 is 1.42 bits per heavy atom. The number of piperidine rings is 1. The molecule has 7 atom stereocenters. The third-order valence-corrected chi connectivity index (χ3v) is 10.5. The van der Waals surface area contributed by atoms with Crippen molar-refractivity contribution in [3.8, 4) is 0 Å². The lowest BCUT2D eigenvalue weighted by atomic mass is 9.83. The van der Waals surface area contributed by atoms with Crippen LogP contribution < -0.4 is 16.4 Å². The zero-order valence-corrected chi connectivity index (χ0v) is 37.4. The van der Waals surface area contributed by atoms with Gasteiger partial charge in [0.05, 0.1) is 17.6 Å². The molecule has 5 heteroatoms. The number of hydrogen-bond donors (Lipinski definition) is 3. The lowest BCUT2D eigenvalue weighted by Gasteiger charge is -2.39. The Morgan fingerprint density at radius 3 is 1.85 bits per heavy atom. The monoisotopic (exact) mass is 727 g/mol. The average molecular weight is 727 g/mol. The largest absolute Gasteiger partial charge is 0.396 e. The van der Waals surface area contributed by atoms with E-state index in [0.717, 1.165) is 75.1 Å². The van der Waals surface area contributed by atoms with Crippen molar-refractivity contribution in [1.29, 1.82) is 0 Å². The van der Waals surface area contributed by atoms with E-state index in [2.05, 4.69) is 132 Å². The second kappa shape index (κ2) is 26.4. The molecule has 1 aliphatic heterocycles. The maximum absolute atomic E-state index is 11.5. The number of fused-ring (bicyclic) bond motifs is 1. The second-order valence-corrected chi connectivity index (χ2v) is 17.6. The van der Waals surface area contributed by atoms with Gasteiger partial charge in [-0.05, 0) is 86.9 Å². The summed E-state index contributed by atoms with van der Waals surface area (Å²) in [6, 6.07) is 1.13. The molecular weight excluding hydrogens is 637 g/mol. The standard InChI is InChI=1S/C31H55N3.C11H21NO.C3H8.C2H6/c1-20(2)13-14-23(7)15-16-28(21(3)4)32-25(9)33-29(31(10,11)12)17-24(8)34-19-26-18-27(26)30(34)22(5)6;1-5-8(3)7-10(6-2)11(13)9(4)12;1-3-2;1-2/h20-21,26-30,32-33H,5,7-9,13-19H2,1-4,6,10-12H3;8,10H,4-7,12H2,1-3H3;3H2,1-2H3;1-2H3/t26-,27-,28?,29?,30?;;;/m0.../s1. The molecule has 0 bridgehead atoms. The molecule has 0 aromatic carbocycles. The summed E-state index contributed by atoms with van der Waals surface area (Å²) in [6.45, 7) is 55.0. The molecule has 2 fully saturated rings. The van der Waals surface area contributed by atoms with Gasteiger partial charge in [-0.15, -0.1) is 0 Å². The number of nitrogens with two attached hydrogens (primary N) is 1. The highest BCUT2D eigenvalue weighted by atomic mass is 16.1. The third kappa shape index (κ3) is 20.1. The lowest BCUT2D eigenvalue weighted by molar-refractivity contribution is -0.119. The zero-order valence-electron chi connectivity index (χ0n) is 37.4. The van der Waals surface area contributed by atoms with Gasteiger partial charge in [-0.2, -0.15) is 0 Å². The highest BCUT2D eigenvalue weighted by Gasteiger charge is 2.53. The fourth-order valence-corrected chi connectivity index (χ4v) is 6.75. The van der Waals surface area contributed by atoms with Gasteiger partial charge in [-0.1, -0.05) is 154 Å². The van der Waals surface area contributed by atoms with E-state index in [4.69, 9.17) is 5.73 Å². The number of carbonyl (C=O) groups excluding carboxylic acids is 1. The maximum atomic E-state index is 11.5. The number of allylic oxidation sites excluding steroid dienone is 2. The van der Waals surface area contributed by atoms with E-state index >= 15 is 0 Å². The summed E-state index contributed by atoms with van der Waals surface area (Å²) < 4.78 is 0. The Labute approximate surface area is 325 Å². The first kappa shape index (κ1) is 51.7. The predicted molar refractivity (Wildman–Crippen MR) is 234 cm³/mol. The number of nitrogens with zero attached hydrogens (tertiary/aromatic N) is 1. The second-order valence-electron chi connectivity index (χ2n) is 17.6. The summed E-state index contributed by atoms with van der Waals surface area (Å²) in [5.74, 6) is 4.55. The average Bonchev–Trinajstić information content (AvgIpc) is 3.72. The van der Waals surface area contributed by atoms with Gasteiger partial charge >= 0.3 is 0 Å². The normalized spacial score (nSPS) is 19.6. The highest BCUT2D eigenvalue weighted by molar-refractivity contribution is 5.95. The number of rotatable bonds is 21. The summed E-state index contributed by atoms with van der Waals surface area (Å²) in [5, 5.41) is 7.47. The molecular formula is C47H90N4O. The van der Waals surface area contributed by atoms with E-state index in [-0.39, 0.29) is 28.9 Å². The number of Topliss-reactive ketones (excluding diaryl/α,β-unsaturated/α-hetero) is 1. The van der Waals surface area contributed by atoms with Gasteiger partial charge in [0.25, 0.3) is 0 Å². The van der Waals surface area contributed by atoms with E-state index in [0.29, 0.717) is 23.9 Å². The van der Waals surface area contributed by atoms with Crippen LogP contribution in [-0.4, -0.2) is 35.4 Å². The molecule has 5 nitrogen and oxygen atoms in total. The van der Waals surface area contributed by atoms with Gasteiger partial charge in [0.15, 0.2) is 5.78 Å². The summed E-state index contributed by atoms with van der Waals surface area (Å²) in [7, 11) is 0. The summed E-state index contributed by atoms with van der Waals surface area (Å²) in [5.41, 5.74) is 9.58. The molecule has 1 heterocycles. The van der Waals surface area contributed by atoms with Crippen molar-refractivity contribution in [2.45, 2.75) is 186 Å². The Hall–Kier alpha value is -2.43. The van der Waals surface area contributed by atoms with E-state index in [9.17, 15) is 4.79 Å². The number of carbonyl (C=O) groups is 1. The molecule has 1 saturated carbocycles. The van der Waals surface area contributed by atoms with Crippen molar-refractivity contribution in [2.75, 3.05) is 6.54 Å². The van der Waals surface area contributed by atoms with Gasteiger partial charge in [-0.3, -0.25) is 4.79 Å². The Morgan fingerprint density at radius 1 is 0.885 bits per heavy atom. The van der Waals surface area contributed by atoms with Crippen molar-refractivity contribution in [1.82, 2.24) is 15.5 Å². The first-order chi connectivity index (χ1) is 24.1. The number of nitrogens with one attached hydrogen (secondary N) is 2. The lowest BCUT2D eigenvalue weighted by Crippen LogP contribution is -2.47. The molecule has 1 saturated heterocycles. The molecule has 0 spiro atoms. The number of likely N-dealkylation sites (tertiary alicyclic amines) is 1. The van der Waals surface area contributed by atoms with Crippen molar-refractivity contribution >= 4 is 5.78 Å². The van der Waals surface area contributed by atoms with Crippen LogP contribution >= 0.6 is 0 Å². The third-order valence-electron chi connectivity index (χ3n) is 10.5. The minimum atomic E-state index is 0.0304. The van der Waals surface area contributed by atoms with Crippen LogP contribution in [0, 0.1) is 40.9 Å². The fourth-order valence-electron chi connectivity index (χ4n) is 6.75. The molecule has 0 aromatic heterocycles. The Kier molecular flexibility index (Phi) is 26.2.